The lowest BCUT2D eigenvalue weighted by atomic mass is 9.86. The first-order chi connectivity index (χ1) is 8.86. The molecule has 0 spiro atoms. The molecule has 106 valence electrons. The largest absolute Gasteiger partial charge is 0.489 e. The molecular weight excluding hydrogens is 234 g/mol. The van der Waals surface area contributed by atoms with Crippen molar-refractivity contribution in [3.05, 3.63) is 29.3 Å². The molecule has 1 aromatic rings. The van der Waals surface area contributed by atoms with Gasteiger partial charge in [0.2, 0.25) is 0 Å². The van der Waals surface area contributed by atoms with Gasteiger partial charge in [0.1, 0.15) is 11.9 Å². The maximum atomic E-state index is 6.17. The third kappa shape index (κ3) is 4.24. The number of hydrogen-bond acceptors (Lipinski definition) is 2. The first kappa shape index (κ1) is 14.4. The van der Waals surface area contributed by atoms with Crippen LogP contribution in [0.3, 0.4) is 0 Å². The Morgan fingerprint density at radius 3 is 2.58 bits per heavy atom. The van der Waals surface area contributed by atoms with Crippen LogP contribution in [0.5, 0.6) is 5.75 Å². The smallest absolute Gasteiger partial charge is 0.123 e. The summed E-state index contributed by atoms with van der Waals surface area (Å²) in [7, 11) is 0. The Morgan fingerprint density at radius 2 is 2.00 bits per heavy atom. The van der Waals surface area contributed by atoms with Gasteiger partial charge in [-0.15, -0.1) is 0 Å². The van der Waals surface area contributed by atoms with E-state index in [4.69, 9.17) is 4.74 Å². The van der Waals surface area contributed by atoms with Gasteiger partial charge >= 0.3 is 0 Å². The first-order valence-electron chi connectivity index (χ1n) is 7.37. The van der Waals surface area contributed by atoms with Crippen molar-refractivity contribution in [2.75, 3.05) is 6.54 Å². The molecule has 2 nitrogen and oxygen atoms in total. The van der Waals surface area contributed by atoms with Gasteiger partial charge in [0, 0.05) is 12.6 Å². The van der Waals surface area contributed by atoms with Crippen molar-refractivity contribution in [1.82, 2.24) is 5.32 Å². The molecule has 0 aromatic heterocycles. The van der Waals surface area contributed by atoms with Gasteiger partial charge in [0.25, 0.3) is 0 Å². The Balaban J connectivity index is 2.06. The topological polar surface area (TPSA) is 21.3 Å². The van der Waals surface area contributed by atoms with Gasteiger partial charge in [-0.3, -0.25) is 0 Å². The van der Waals surface area contributed by atoms with Crippen LogP contribution in [-0.2, 0) is 5.41 Å². The molecule has 1 aliphatic carbocycles. The molecular formula is C17H27NO. The van der Waals surface area contributed by atoms with Crippen molar-refractivity contribution in [2.45, 2.75) is 65.0 Å². The van der Waals surface area contributed by atoms with E-state index in [1.165, 1.54) is 24.0 Å². The van der Waals surface area contributed by atoms with E-state index >= 15 is 0 Å². The highest BCUT2D eigenvalue weighted by Gasteiger charge is 2.23. The lowest BCUT2D eigenvalue weighted by Crippen LogP contribution is -2.31. The number of hydrogen-bond donors (Lipinski definition) is 1. The van der Waals surface area contributed by atoms with Crippen LogP contribution in [0.15, 0.2) is 18.2 Å². The van der Waals surface area contributed by atoms with E-state index in [1.54, 1.807) is 0 Å². The van der Waals surface area contributed by atoms with Crippen LogP contribution < -0.4 is 10.1 Å². The molecule has 1 saturated carbocycles. The Morgan fingerprint density at radius 1 is 1.32 bits per heavy atom. The molecule has 1 atom stereocenters. The van der Waals surface area contributed by atoms with Gasteiger partial charge in [0.15, 0.2) is 0 Å². The van der Waals surface area contributed by atoms with Crippen molar-refractivity contribution in [1.29, 1.82) is 0 Å². The summed E-state index contributed by atoms with van der Waals surface area (Å²) < 4.78 is 6.17. The molecule has 19 heavy (non-hydrogen) atoms. The SMILES string of the molecule is Cc1ccc(C(C)(C)C)c(OC(C)CNC2CC2)c1. The van der Waals surface area contributed by atoms with Crippen LogP contribution in [0.25, 0.3) is 0 Å². The molecule has 0 radical (unpaired) electrons. The number of aryl methyl sites for hydroxylation is 1. The van der Waals surface area contributed by atoms with Crippen molar-refractivity contribution >= 4 is 0 Å². The Bertz CT molecular complexity index is 429. The summed E-state index contributed by atoms with van der Waals surface area (Å²) in [6.45, 7) is 11.9. The maximum absolute atomic E-state index is 6.17. The summed E-state index contributed by atoms with van der Waals surface area (Å²) in [5.41, 5.74) is 2.66. The molecule has 0 aliphatic heterocycles. The van der Waals surface area contributed by atoms with Gasteiger partial charge in [-0.25, -0.2) is 0 Å². The van der Waals surface area contributed by atoms with E-state index in [0.29, 0.717) is 0 Å². The molecule has 2 rings (SSSR count). The fourth-order valence-corrected chi connectivity index (χ4v) is 2.23. The van der Waals surface area contributed by atoms with Crippen LogP contribution >= 0.6 is 0 Å². The normalized spacial score (nSPS) is 17.3. The second kappa shape index (κ2) is 5.54. The van der Waals surface area contributed by atoms with Crippen LogP contribution in [0.2, 0.25) is 0 Å². The van der Waals surface area contributed by atoms with Gasteiger partial charge in [0.05, 0.1) is 0 Å². The van der Waals surface area contributed by atoms with Gasteiger partial charge in [-0.05, 0) is 49.3 Å². The molecule has 1 N–H and O–H groups in total. The number of benzene rings is 1. The molecule has 0 bridgehead atoms. The van der Waals surface area contributed by atoms with E-state index in [0.717, 1.165) is 18.3 Å². The highest BCUT2D eigenvalue weighted by molar-refractivity contribution is 5.41. The predicted octanol–water partition coefficient (Wildman–Crippen LogP) is 3.81. The van der Waals surface area contributed by atoms with Crippen LogP contribution in [-0.4, -0.2) is 18.7 Å². The zero-order chi connectivity index (χ0) is 14.0. The molecule has 1 aliphatic rings. The molecule has 1 fully saturated rings. The minimum atomic E-state index is 0.118. The summed E-state index contributed by atoms with van der Waals surface area (Å²) in [5, 5.41) is 3.52. The zero-order valence-corrected chi connectivity index (χ0v) is 12.9. The maximum Gasteiger partial charge on any atom is 0.123 e. The van der Waals surface area contributed by atoms with Crippen LogP contribution in [0, 0.1) is 6.92 Å². The number of nitrogens with one attached hydrogen (secondary N) is 1. The van der Waals surface area contributed by atoms with E-state index in [2.05, 4.69) is 58.1 Å². The van der Waals surface area contributed by atoms with E-state index < -0.39 is 0 Å². The summed E-state index contributed by atoms with van der Waals surface area (Å²) in [6.07, 6.45) is 2.86. The number of ether oxygens (including phenoxy) is 1. The fourth-order valence-electron chi connectivity index (χ4n) is 2.23. The summed E-state index contributed by atoms with van der Waals surface area (Å²) in [4.78, 5) is 0. The third-order valence-electron chi connectivity index (χ3n) is 3.54. The first-order valence-corrected chi connectivity index (χ1v) is 7.37. The summed E-state index contributed by atoms with van der Waals surface area (Å²) in [6, 6.07) is 7.27. The molecule has 0 saturated heterocycles. The average Bonchev–Trinajstić information content (AvgIpc) is 3.08. The Kier molecular flexibility index (Phi) is 4.19. The predicted molar refractivity (Wildman–Crippen MR) is 81.0 cm³/mol. The second-order valence-corrected chi connectivity index (χ2v) is 6.86. The Labute approximate surface area is 117 Å². The van der Waals surface area contributed by atoms with Gasteiger partial charge < -0.3 is 10.1 Å². The minimum Gasteiger partial charge on any atom is -0.489 e. The van der Waals surface area contributed by atoms with Crippen molar-refractivity contribution in [2.24, 2.45) is 0 Å². The highest BCUT2D eigenvalue weighted by Crippen LogP contribution is 2.32. The van der Waals surface area contributed by atoms with E-state index in [-0.39, 0.29) is 11.5 Å². The zero-order valence-electron chi connectivity index (χ0n) is 12.9. The van der Waals surface area contributed by atoms with Crippen LogP contribution in [0.4, 0.5) is 0 Å². The molecule has 1 aromatic carbocycles. The molecule has 0 amide bonds. The standard InChI is InChI=1S/C17H27NO/c1-12-6-9-15(17(3,4)5)16(10-12)19-13(2)11-18-14-7-8-14/h6,9-10,13-14,18H,7-8,11H2,1-5H3. The molecule has 1 unspecified atom stereocenters. The quantitative estimate of drug-likeness (QED) is 0.870. The monoisotopic (exact) mass is 261 g/mol. The summed E-state index contributed by atoms with van der Waals surface area (Å²) >= 11 is 0. The van der Waals surface area contributed by atoms with E-state index in [1.807, 2.05) is 0 Å². The second-order valence-electron chi connectivity index (χ2n) is 6.86. The minimum absolute atomic E-state index is 0.118. The highest BCUT2D eigenvalue weighted by atomic mass is 16.5. The Hall–Kier alpha value is -1.02. The van der Waals surface area contributed by atoms with Crippen LogP contribution in [0.1, 0.15) is 51.7 Å². The third-order valence-corrected chi connectivity index (χ3v) is 3.54. The van der Waals surface area contributed by atoms with Gasteiger partial charge in [-0.2, -0.15) is 0 Å². The summed E-state index contributed by atoms with van der Waals surface area (Å²) in [5.74, 6) is 1.04. The molecule has 0 heterocycles. The van der Waals surface area contributed by atoms with Gasteiger partial charge in [-0.1, -0.05) is 32.9 Å². The average molecular weight is 261 g/mol. The number of rotatable bonds is 5. The molecule has 2 heteroatoms. The van der Waals surface area contributed by atoms with E-state index in [9.17, 15) is 0 Å². The fraction of sp³-hybridized carbons (Fsp3) is 0.647. The van der Waals surface area contributed by atoms with Crippen molar-refractivity contribution < 1.29 is 4.74 Å². The van der Waals surface area contributed by atoms with Crippen molar-refractivity contribution in [3.8, 4) is 5.75 Å². The lowest BCUT2D eigenvalue weighted by molar-refractivity contribution is 0.212. The van der Waals surface area contributed by atoms with Crippen molar-refractivity contribution in [3.63, 3.8) is 0 Å². The lowest BCUT2D eigenvalue weighted by Gasteiger charge is -2.25.